The number of morpholine rings is 1. The Hall–Kier alpha value is -0.130. The Morgan fingerprint density at radius 3 is 2.95 bits per heavy atom. The van der Waals surface area contributed by atoms with Crippen molar-refractivity contribution in [3.8, 4) is 0 Å². The van der Waals surface area contributed by atoms with Crippen molar-refractivity contribution in [1.29, 1.82) is 0 Å². The van der Waals surface area contributed by atoms with Crippen LogP contribution in [0.2, 0.25) is 5.02 Å². The lowest BCUT2D eigenvalue weighted by Crippen LogP contribution is -2.47. The second-order valence-corrected chi connectivity index (χ2v) is 6.87. The smallest absolute Gasteiger partial charge is 0.0674 e. The van der Waals surface area contributed by atoms with E-state index < -0.39 is 0 Å². The molecule has 1 heterocycles. The van der Waals surface area contributed by atoms with E-state index in [-0.39, 0.29) is 6.04 Å². The molecule has 5 heteroatoms. The number of ether oxygens (including phenoxy) is 1. The molecule has 1 aliphatic rings. The van der Waals surface area contributed by atoms with E-state index >= 15 is 0 Å². The number of hydrogen-bond acceptors (Lipinski definition) is 3. The molecule has 3 atom stereocenters. The number of rotatable bonds is 4. The molecular formula is C15H22BrClN2O. The molecule has 0 amide bonds. The van der Waals surface area contributed by atoms with E-state index in [1.165, 1.54) is 0 Å². The summed E-state index contributed by atoms with van der Waals surface area (Å²) in [6.07, 6.45) is 1.21. The van der Waals surface area contributed by atoms with Crippen LogP contribution in [0.5, 0.6) is 0 Å². The summed E-state index contributed by atoms with van der Waals surface area (Å²) in [6, 6.07) is 6.32. The quantitative estimate of drug-likeness (QED) is 0.890. The molecule has 1 fully saturated rings. The maximum atomic E-state index is 6.29. The Balaban J connectivity index is 1.92. The molecule has 0 spiro atoms. The maximum absolute atomic E-state index is 6.29. The lowest BCUT2D eigenvalue weighted by molar-refractivity contribution is -0.0499. The van der Waals surface area contributed by atoms with Crippen molar-refractivity contribution in [1.82, 2.24) is 4.90 Å². The minimum atomic E-state index is -0.0269. The molecule has 0 aromatic heterocycles. The summed E-state index contributed by atoms with van der Waals surface area (Å²) >= 11 is 9.67. The predicted molar refractivity (Wildman–Crippen MR) is 87.1 cm³/mol. The second kappa shape index (κ2) is 7.23. The number of nitrogens with two attached hydrogens (primary N) is 1. The SMILES string of the molecule is CC1CN(CCC(N)c2ccc(Br)cc2Cl)C(C)CO1. The number of halogens is 2. The first-order valence-electron chi connectivity index (χ1n) is 7.03. The zero-order chi connectivity index (χ0) is 14.7. The van der Waals surface area contributed by atoms with Crippen LogP contribution in [0, 0.1) is 0 Å². The zero-order valence-corrected chi connectivity index (χ0v) is 14.3. The molecule has 0 radical (unpaired) electrons. The fourth-order valence-corrected chi connectivity index (χ4v) is 3.36. The van der Waals surface area contributed by atoms with Gasteiger partial charge in [-0.3, -0.25) is 4.90 Å². The van der Waals surface area contributed by atoms with Gasteiger partial charge in [0.15, 0.2) is 0 Å². The number of hydrogen-bond donors (Lipinski definition) is 1. The van der Waals surface area contributed by atoms with E-state index in [2.05, 4.69) is 34.7 Å². The molecule has 1 aliphatic heterocycles. The summed E-state index contributed by atoms with van der Waals surface area (Å²) in [5.41, 5.74) is 7.30. The normalized spacial score (nSPS) is 25.6. The molecule has 1 aromatic carbocycles. The van der Waals surface area contributed by atoms with Gasteiger partial charge in [0.1, 0.15) is 0 Å². The molecule has 1 saturated heterocycles. The highest BCUT2D eigenvalue weighted by atomic mass is 79.9. The van der Waals surface area contributed by atoms with Gasteiger partial charge in [0.2, 0.25) is 0 Å². The van der Waals surface area contributed by atoms with Crippen LogP contribution in [0.3, 0.4) is 0 Å². The molecule has 0 aliphatic carbocycles. The third-order valence-corrected chi connectivity index (χ3v) is 4.65. The molecule has 2 N–H and O–H groups in total. The average molecular weight is 362 g/mol. The fraction of sp³-hybridized carbons (Fsp3) is 0.600. The molecule has 0 bridgehead atoms. The van der Waals surface area contributed by atoms with Crippen LogP contribution in [-0.4, -0.2) is 36.7 Å². The lowest BCUT2D eigenvalue weighted by atomic mass is 10.0. The predicted octanol–water partition coefficient (Wildman–Crippen LogP) is 3.60. The lowest BCUT2D eigenvalue weighted by Gasteiger charge is -2.37. The topological polar surface area (TPSA) is 38.5 Å². The van der Waals surface area contributed by atoms with Crippen LogP contribution in [0.4, 0.5) is 0 Å². The van der Waals surface area contributed by atoms with Gasteiger partial charge in [0.05, 0.1) is 12.7 Å². The molecule has 3 nitrogen and oxygen atoms in total. The van der Waals surface area contributed by atoms with E-state index in [0.717, 1.165) is 41.2 Å². The molecule has 0 saturated carbocycles. The van der Waals surface area contributed by atoms with Gasteiger partial charge in [0.25, 0.3) is 0 Å². The molecule has 1 aromatic rings. The van der Waals surface area contributed by atoms with Crippen molar-refractivity contribution < 1.29 is 4.74 Å². The van der Waals surface area contributed by atoms with Crippen LogP contribution in [0.1, 0.15) is 31.9 Å². The molecule has 3 unspecified atom stereocenters. The molecule has 20 heavy (non-hydrogen) atoms. The highest BCUT2D eigenvalue weighted by molar-refractivity contribution is 9.10. The Kier molecular flexibility index (Phi) is 5.87. The summed E-state index contributed by atoms with van der Waals surface area (Å²) in [5, 5.41) is 0.732. The van der Waals surface area contributed by atoms with Crippen molar-refractivity contribution >= 4 is 27.5 Å². The summed E-state index contributed by atoms with van der Waals surface area (Å²) in [4.78, 5) is 2.45. The van der Waals surface area contributed by atoms with Crippen LogP contribution in [0.15, 0.2) is 22.7 Å². The highest BCUT2D eigenvalue weighted by Crippen LogP contribution is 2.27. The summed E-state index contributed by atoms with van der Waals surface area (Å²) in [5.74, 6) is 0. The third-order valence-electron chi connectivity index (χ3n) is 3.83. The van der Waals surface area contributed by atoms with Crippen molar-refractivity contribution in [2.45, 2.75) is 38.5 Å². The van der Waals surface area contributed by atoms with Gasteiger partial charge < -0.3 is 10.5 Å². The number of nitrogens with zero attached hydrogens (tertiary/aromatic N) is 1. The second-order valence-electron chi connectivity index (χ2n) is 5.55. The Bertz CT molecular complexity index is 457. The van der Waals surface area contributed by atoms with E-state index in [9.17, 15) is 0 Å². The van der Waals surface area contributed by atoms with E-state index in [4.69, 9.17) is 22.1 Å². The van der Waals surface area contributed by atoms with Crippen LogP contribution >= 0.6 is 27.5 Å². The highest BCUT2D eigenvalue weighted by Gasteiger charge is 2.23. The van der Waals surface area contributed by atoms with Gasteiger partial charge in [-0.1, -0.05) is 33.6 Å². The summed E-state index contributed by atoms with van der Waals surface area (Å²) in [7, 11) is 0. The van der Waals surface area contributed by atoms with Gasteiger partial charge in [-0.05, 0) is 38.0 Å². The van der Waals surface area contributed by atoms with Gasteiger partial charge in [-0.25, -0.2) is 0 Å². The van der Waals surface area contributed by atoms with Gasteiger partial charge >= 0.3 is 0 Å². The zero-order valence-electron chi connectivity index (χ0n) is 12.0. The summed E-state index contributed by atoms with van der Waals surface area (Å²) < 4.78 is 6.63. The Morgan fingerprint density at radius 1 is 1.50 bits per heavy atom. The summed E-state index contributed by atoms with van der Waals surface area (Å²) in [6.45, 7) is 7.06. The third kappa shape index (κ3) is 4.18. The maximum Gasteiger partial charge on any atom is 0.0674 e. The van der Waals surface area contributed by atoms with Gasteiger partial charge in [-0.2, -0.15) is 0 Å². The van der Waals surface area contributed by atoms with Crippen molar-refractivity contribution in [3.63, 3.8) is 0 Å². The average Bonchev–Trinajstić information content (AvgIpc) is 2.39. The molecule has 2 rings (SSSR count). The van der Waals surface area contributed by atoms with Crippen LogP contribution in [0.25, 0.3) is 0 Å². The minimum Gasteiger partial charge on any atom is -0.376 e. The van der Waals surface area contributed by atoms with Crippen molar-refractivity contribution in [2.75, 3.05) is 19.7 Å². The minimum absolute atomic E-state index is 0.0269. The van der Waals surface area contributed by atoms with E-state index in [1.807, 2.05) is 18.2 Å². The fourth-order valence-electron chi connectivity index (χ4n) is 2.55. The Labute approximate surface area is 134 Å². The van der Waals surface area contributed by atoms with Crippen LogP contribution < -0.4 is 5.73 Å². The molecular weight excluding hydrogens is 340 g/mol. The largest absolute Gasteiger partial charge is 0.376 e. The van der Waals surface area contributed by atoms with Crippen LogP contribution in [-0.2, 0) is 4.74 Å². The van der Waals surface area contributed by atoms with E-state index in [1.54, 1.807) is 0 Å². The van der Waals surface area contributed by atoms with Crippen molar-refractivity contribution in [2.24, 2.45) is 5.73 Å². The first kappa shape index (κ1) is 16.2. The first-order chi connectivity index (χ1) is 9.47. The molecule has 112 valence electrons. The van der Waals surface area contributed by atoms with E-state index in [0.29, 0.717) is 12.1 Å². The Morgan fingerprint density at radius 2 is 2.25 bits per heavy atom. The first-order valence-corrected chi connectivity index (χ1v) is 8.20. The standard InChI is InChI=1S/C15H22BrClN2O/c1-10-9-20-11(2)8-19(10)6-5-15(18)13-4-3-12(16)7-14(13)17/h3-4,7,10-11,15H,5-6,8-9,18H2,1-2H3. The number of benzene rings is 1. The van der Waals surface area contributed by atoms with Gasteiger partial charge in [-0.15, -0.1) is 0 Å². The van der Waals surface area contributed by atoms with Gasteiger partial charge in [0, 0.05) is 34.7 Å². The van der Waals surface area contributed by atoms with Crippen molar-refractivity contribution in [3.05, 3.63) is 33.3 Å². The monoisotopic (exact) mass is 360 g/mol.